The zero-order valence-electron chi connectivity index (χ0n) is 13.7. The lowest BCUT2D eigenvalue weighted by molar-refractivity contribution is 0.410. The second kappa shape index (κ2) is 6.89. The van der Waals surface area contributed by atoms with Crippen LogP contribution in [0.25, 0.3) is 11.4 Å². The number of para-hydroxylation sites is 1. The molecule has 0 bridgehead atoms. The Morgan fingerprint density at radius 2 is 2.00 bits per heavy atom. The van der Waals surface area contributed by atoms with Gasteiger partial charge in [0.05, 0.1) is 13.4 Å². The molecule has 1 aromatic carbocycles. The summed E-state index contributed by atoms with van der Waals surface area (Å²) in [5.74, 6) is 1.11. The Morgan fingerprint density at radius 3 is 2.68 bits per heavy atom. The van der Waals surface area contributed by atoms with Gasteiger partial charge in [-0.2, -0.15) is 4.98 Å². The lowest BCUT2D eigenvalue weighted by atomic mass is 10.2. The molecule has 0 aliphatic rings. The Hall–Kier alpha value is -2.94. The summed E-state index contributed by atoms with van der Waals surface area (Å²) in [5.41, 5.74) is 1.50. The van der Waals surface area contributed by atoms with E-state index in [0.717, 1.165) is 15.9 Å². The molecule has 2 aromatic heterocycles. The summed E-state index contributed by atoms with van der Waals surface area (Å²) in [7, 11) is -2.03. The van der Waals surface area contributed by atoms with E-state index in [9.17, 15) is 8.42 Å². The minimum atomic E-state index is -3.61. The van der Waals surface area contributed by atoms with E-state index in [0.29, 0.717) is 17.9 Å². The summed E-state index contributed by atoms with van der Waals surface area (Å²) in [6.07, 6.45) is 4.27. The van der Waals surface area contributed by atoms with Gasteiger partial charge in [0.2, 0.25) is 5.95 Å². The highest BCUT2D eigenvalue weighted by Gasteiger charge is 2.18. The summed E-state index contributed by atoms with van der Waals surface area (Å²) < 4.78 is 30.2. The van der Waals surface area contributed by atoms with Gasteiger partial charge in [0.15, 0.2) is 5.82 Å². The molecule has 9 heteroatoms. The molecule has 0 atom stereocenters. The fourth-order valence-electron chi connectivity index (χ4n) is 2.28. The first-order valence-corrected chi connectivity index (χ1v) is 9.27. The zero-order valence-corrected chi connectivity index (χ0v) is 14.6. The molecule has 2 heterocycles. The third kappa shape index (κ3) is 3.77. The Morgan fingerprint density at radius 1 is 1.20 bits per heavy atom. The standard InChI is InChI=1S/C16H17N5O3S/c1-24-14-8-4-3-6-12(14)11-18-16-19-15(13-7-5-9-17-10-13)20-21(16)25(2,22)23/h3-10H,11H2,1-2H3,(H,18,19,20). The Bertz CT molecular complexity index is 970. The summed E-state index contributed by atoms with van der Waals surface area (Å²) >= 11 is 0. The molecule has 25 heavy (non-hydrogen) atoms. The van der Waals surface area contributed by atoms with Crippen LogP contribution < -0.4 is 10.1 Å². The number of pyridine rings is 1. The Balaban J connectivity index is 1.93. The van der Waals surface area contributed by atoms with Gasteiger partial charge in [-0.05, 0) is 18.2 Å². The van der Waals surface area contributed by atoms with Crippen LogP contribution in [0, 0.1) is 0 Å². The fraction of sp³-hybridized carbons (Fsp3) is 0.188. The van der Waals surface area contributed by atoms with Crippen molar-refractivity contribution in [1.82, 2.24) is 19.2 Å². The number of benzene rings is 1. The van der Waals surface area contributed by atoms with E-state index in [1.807, 2.05) is 24.3 Å². The van der Waals surface area contributed by atoms with Crippen molar-refractivity contribution in [1.29, 1.82) is 0 Å². The number of nitrogens with zero attached hydrogens (tertiary/aromatic N) is 4. The van der Waals surface area contributed by atoms with Gasteiger partial charge >= 0.3 is 0 Å². The zero-order chi connectivity index (χ0) is 17.9. The van der Waals surface area contributed by atoms with Gasteiger partial charge in [-0.1, -0.05) is 18.2 Å². The van der Waals surface area contributed by atoms with Crippen LogP contribution in [0.3, 0.4) is 0 Å². The summed E-state index contributed by atoms with van der Waals surface area (Å²) in [6.45, 7) is 0.338. The molecule has 130 valence electrons. The topological polar surface area (TPSA) is 99.0 Å². The van der Waals surface area contributed by atoms with Crippen LogP contribution in [0.1, 0.15) is 5.56 Å². The maximum Gasteiger partial charge on any atom is 0.254 e. The van der Waals surface area contributed by atoms with Gasteiger partial charge in [-0.25, -0.2) is 8.42 Å². The number of anilines is 1. The van der Waals surface area contributed by atoms with Crippen LogP contribution in [0.15, 0.2) is 48.8 Å². The number of hydrogen-bond donors (Lipinski definition) is 1. The molecule has 1 N–H and O–H groups in total. The van der Waals surface area contributed by atoms with E-state index in [2.05, 4.69) is 20.4 Å². The van der Waals surface area contributed by atoms with Crippen molar-refractivity contribution < 1.29 is 13.2 Å². The van der Waals surface area contributed by atoms with Gasteiger partial charge in [0, 0.05) is 30.1 Å². The Labute approximate surface area is 145 Å². The third-order valence-corrected chi connectivity index (χ3v) is 4.32. The fourth-order valence-corrected chi connectivity index (χ4v) is 2.92. The third-order valence-electron chi connectivity index (χ3n) is 3.44. The van der Waals surface area contributed by atoms with Crippen LogP contribution in [-0.4, -0.2) is 40.9 Å². The summed E-state index contributed by atoms with van der Waals surface area (Å²) in [6, 6.07) is 11.0. The molecule has 3 aromatic rings. The van der Waals surface area contributed by atoms with Crippen LogP contribution in [-0.2, 0) is 16.6 Å². The maximum atomic E-state index is 12.0. The predicted octanol–water partition coefficient (Wildman–Crippen LogP) is 1.77. The van der Waals surface area contributed by atoms with Gasteiger partial charge in [0.25, 0.3) is 10.0 Å². The number of ether oxygens (including phenoxy) is 1. The number of rotatable bonds is 6. The van der Waals surface area contributed by atoms with E-state index in [-0.39, 0.29) is 11.8 Å². The highest BCUT2D eigenvalue weighted by molar-refractivity contribution is 7.89. The molecule has 8 nitrogen and oxygen atoms in total. The first kappa shape index (κ1) is 16.9. The first-order valence-electron chi connectivity index (χ1n) is 7.43. The lowest BCUT2D eigenvalue weighted by Gasteiger charge is -2.09. The van der Waals surface area contributed by atoms with Crippen molar-refractivity contribution in [3.05, 3.63) is 54.4 Å². The van der Waals surface area contributed by atoms with E-state index >= 15 is 0 Å². The maximum absolute atomic E-state index is 12.0. The molecule has 0 spiro atoms. The van der Waals surface area contributed by atoms with Crippen molar-refractivity contribution in [2.75, 3.05) is 18.7 Å². The lowest BCUT2D eigenvalue weighted by Crippen LogP contribution is -2.16. The van der Waals surface area contributed by atoms with E-state index in [1.165, 1.54) is 0 Å². The highest BCUT2D eigenvalue weighted by Crippen LogP contribution is 2.21. The normalized spacial score (nSPS) is 11.3. The number of nitrogens with one attached hydrogen (secondary N) is 1. The summed E-state index contributed by atoms with van der Waals surface area (Å²) in [4.78, 5) is 8.30. The van der Waals surface area contributed by atoms with Crippen LogP contribution in [0.2, 0.25) is 0 Å². The second-order valence-electron chi connectivity index (χ2n) is 5.27. The molecule has 0 fully saturated rings. The molecule has 3 rings (SSSR count). The summed E-state index contributed by atoms with van der Waals surface area (Å²) in [5, 5.41) is 7.10. The van der Waals surface area contributed by atoms with Crippen molar-refractivity contribution in [3.8, 4) is 17.1 Å². The molecule has 0 radical (unpaired) electrons. The van der Waals surface area contributed by atoms with Crippen LogP contribution in [0.4, 0.5) is 5.95 Å². The molecule has 0 saturated carbocycles. The minimum absolute atomic E-state index is 0.132. The SMILES string of the molecule is COc1ccccc1CNc1nc(-c2cccnc2)nn1S(C)(=O)=O. The molecular formula is C16H17N5O3S. The van der Waals surface area contributed by atoms with E-state index in [4.69, 9.17) is 4.74 Å². The number of methoxy groups -OCH3 is 1. The van der Waals surface area contributed by atoms with Gasteiger partial charge in [0.1, 0.15) is 5.75 Å². The minimum Gasteiger partial charge on any atom is -0.496 e. The predicted molar refractivity (Wildman–Crippen MR) is 93.8 cm³/mol. The first-order chi connectivity index (χ1) is 12.0. The average molecular weight is 359 g/mol. The van der Waals surface area contributed by atoms with Crippen molar-refractivity contribution >= 4 is 16.0 Å². The van der Waals surface area contributed by atoms with Gasteiger partial charge in [-0.3, -0.25) is 4.98 Å². The second-order valence-corrected chi connectivity index (χ2v) is 7.08. The van der Waals surface area contributed by atoms with Crippen LogP contribution in [0.5, 0.6) is 5.75 Å². The number of aromatic nitrogens is 4. The van der Waals surface area contributed by atoms with Gasteiger partial charge in [-0.15, -0.1) is 9.19 Å². The molecular weight excluding hydrogens is 342 g/mol. The molecule has 0 amide bonds. The van der Waals surface area contributed by atoms with Gasteiger partial charge < -0.3 is 10.1 Å². The smallest absolute Gasteiger partial charge is 0.254 e. The highest BCUT2D eigenvalue weighted by atomic mass is 32.2. The van der Waals surface area contributed by atoms with Crippen LogP contribution >= 0.6 is 0 Å². The van der Waals surface area contributed by atoms with Crippen molar-refractivity contribution in [3.63, 3.8) is 0 Å². The Kier molecular flexibility index (Phi) is 4.66. The average Bonchev–Trinajstić information content (AvgIpc) is 3.05. The molecule has 0 aliphatic heterocycles. The van der Waals surface area contributed by atoms with E-state index in [1.54, 1.807) is 31.6 Å². The largest absolute Gasteiger partial charge is 0.496 e. The number of hydrogen-bond acceptors (Lipinski definition) is 7. The molecule has 0 unspecified atom stereocenters. The quantitative estimate of drug-likeness (QED) is 0.716. The molecule has 0 aliphatic carbocycles. The molecule has 0 saturated heterocycles. The van der Waals surface area contributed by atoms with Crippen molar-refractivity contribution in [2.24, 2.45) is 0 Å². The monoisotopic (exact) mass is 359 g/mol. The van der Waals surface area contributed by atoms with Crippen molar-refractivity contribution in [2.45, 2.75) is 6.54 Å². The van der Waals surface area contributed by atoms with E-state index < -0.39 is 10.0 Å².